The summed E-state index contributed by atoms with van der Waals surface area (Å²) in [5.41, 5.74) is 1.61. The third kappa shape index (κ3) is 4.69. The van der Waals surface area contributed by atoms with E-state index in [2.05, 4.69) is 25.8 Å². The number of carbonyl (C=O) groups is 1. The molecule has 0 aliphatic heterocycles. The van der Waals surface area contributed by atoms with Crippen LogP contribution in [0.1, 0.15) is 6.92 Å². The first-order valence-electron chi connectivity index (χ1n) is 8.05. The summed E-state index contributed by atoms with van der Waals surface area (Å²) >= 11 is 2.80. The minimum absolute atomic E-state index is 0.0876. The van der Waals surface area contributed by atoms with E-state index in [1.165, 1.54) is 23.1 Å². The third-order valence-corrected chi connectivity index (χ3v) is 5.60. The first-order chi connectivity index (χ1) is 12.7. The normalized spacial score (nSPS) is 12.1. The van der Waals surface area contributed by atoms with E-state index in [1.54, 1.807) is 13.3 Å². The molecule has 0 radical (unpaired) electrons. The monoisotopic (exact) mass is 389 g/mol. The Labute approximate surface area is 159 Å². The number of aromatic nitrogens is 3. The van der Waals surface area contributed by atoms with Crippen LogP contribution < -0.4 is 10.6 Å². The number of benzene rings is 1. The number of methoxy groups -OCH3 is 1. The van der Waals surface area contributed by atoms with Crippen molar-refractivity contribution < 1.29 is 9.53 Å². The van der Waals surface area contributed by atoms with Crippen molar-refractivity contribution in [2.45, 2.75) is 16.5 Å². The summed E-state index contributed by atoms with van der Waals surface area (Å²) < 4.78 is 5.73. The van der Waals surface area contributed by atoms with Gasteiger partial charge in [0, 0.05) is 25.2 Å². The van der Waals surface area contributed by atoms with Crippen molar-refractivity contribution in [2.24, 2.45) is 0 Å². The fraction of sp³-hybridized carbons (Fsp3) is 0.294. The van der Waals surface area contributed by atoms with Crippen molar-refractivity contribution in [3.8, 4) is 0 Å². The number of carbonyl (C=O) groups excluding carboxylic acids is 1. The molecule has 0 fully saturated rings. The molecule has 0 bridgehead atoms. The lowest BCUT2D eigenvalue weighted by Gasteiger charge is -2.12. The number of rotatable bonds is 8. The Morgan fingerprint density at radius 1 is 1.31 bits per heavy atom. The Morgan fingerprint density at radius 2 is 2.19 bits per heavy atom. The number of pyridine rings is 1. The molecule has 3 rings (SSSR count). The maximum atomic E-state index is 12.6. The highest BCUT2D eigenvalue weighted by atomic mass is 32.2. The zero-order valence-electron chi connectivity index (χ0n) is 14.4. The summed E-state index contributed by atoms with van der Waals surface area (Å²) in [6.45, 7) is 3.12. The molecular formula is C17H19N5O2S2. The summed E-state index contributed by atoms with van der Waals surface area (Å²) in [6, 6.07) is 9.48. The van der Waals surface area contributed by atoms with E-state index in [0.29, 0.717) is 13.2 Å². The molecule has 0 saturated carbocycles. The number of hydrogen-bond donors (Lipinski definition) is 2. The average Bonchev–Trinajstić information content (AvgIpc) is 3.09. The van der Waals surface area contributed by atoms with Crippen molar-refractivity contribution in [3.05, 3.63) is 36.5 Å². The number of nitrogens with zero attached hydrogens (tertiary/aromatic N) is 3. The molecule has 2 N–H and O–H groups in total. The zero-order chi connectivity index (χ0) is 18.4. The Morgan fingerprint density at radius 3 is 3.04 bits per heavy atom. The molecule has 7 nitrogen and oxygen atoms in total. The van der Waals surface area contributed by atoms with Gasteiger partial charge in [0.15, 0.2) is 4.34 Å². The quantitative estimate of drug-likeness (QED) is 0.451. The van der Waals surface area contributed by atoms with Crippen molar-refractivity contribution in [1.29, 1.82) is 0 Å². The van der Waals surface area contributed by atoms with Crippen LogP contribution in [0.2, 0.25) is 0 Å². The Hall–Kier alpha value is -2.23. The van der Waals surface area contributed by atoms with Gasteiger partial charge in [-0.2, -0.15) is 0 Å². The van der Waals surface area contributed by atoms with Gasteiger partial charge in [-0.15, -0.1) is 10.2 Å². The lowest BCUT2D eigenvalue weighted by Crippen LogP contribution is -2.22. The van der Waals surface area contributed by atoms with E-state index >= 15 is 0 Å². The van der Waals surface area contributed by atoms with Crippen LogP contribution in [0.5, 0.6) is 0 Å². The van der Waals surface area contributed by atoms with Gasteiger partial charge >= 0.3 is 0 Å². The van der Waals surface area contributed by atoms with Crippen LogP contribution in [0, 0.1) is 0 Å². The summed E-state index contributed by atoms with van der Waals surface area (Å²) in [7, 11) is 1.65. The summed E-state index contributed by atoms with van der Waals surface area (Å²) in [6.07, 6.45) is 1.74. The molecule has 1 amide bonds. The van der Waals surface area contributed by atoms with Gasteiger partial charge in [0.25, 0.3) is 0 Å². The summed E-state index contributed by atoms with van der Waals surface area (Å²) in [4.78, 5) is 16.9. The van der Waals surface area contributed by atoms with E-state index in [-0.39, 0.29) is 11.2 Å². The second-order valence-electron chi connectivity index (χ2n) is 5.42. The van der Waals surface area contributed by atoms with Crippen LogP contribution in [0.3, 0.4) is 0 Å². The van der Waals surface area contributed by atoms with Gasteiger partial charge in [0.1, 0.15) is 0 Å². The lowest BCUT2D eigenvalue weighted by molar-refractivity contribution is -0.115. The highest BCUT2D eigenvalue weighted by molar-refractivity contribution is 8.02. The zero-order valence-corrected chi connectivity index (χ0v) is 16.1. The average molecular weight is 390 g/mol. The number of amides is 1. The van der Waals surface area contributed by atoms with E-state index < -0.39 is 0 Å². The largest absolute Gasteiger partial charge is 0.383 e. The standard InChI is InChI=1S/C17H19N5O2S2/c1-11(25-17-22-21-16(26-17)19-9-10-24-2)15(23)20-14-7-3-6-13-12(14)5-4-8-18-13/h3-8,11H,9-10H2,1-2H3,(H,19,21)(H,20,23). The van der Waals surface area contributed by atoms with Gasteiger partial charge in [0.2, 0.25) is 11.0 Å². The van der Waals surface area contributed by atoms with E-state index in [4.69, 9.17) is 4.74 Å². The van der Waals surface area contributed by atoms with E-state index in [0.717, 1.165) is 26.1 Å². The van der Waals surface area contributed by atoms with Crippen LogP contribution in [-0.2, 0) is 9.53 Å². The van der Waals surface area contributed by atoms with Crippen LogP contribution >= 0.6 is 23.1 Å². The van der Waals surface area contributed by atoms with Gasteiger partial charge < -0.3 is 15.4 Å². The number of anilines is 2. The van der Waals surface area contributed by atoms with Crippen LogP contribution in [0.25, 0.3) is 10.9 Å². The molecule has 0 aliphatic rings. The topological polar surface area (TPSA) is 89.0 Å². The highest BCUT2D eigenvalue weighted by Crippen LogP contribution is 2.30. The Bertz CT molecular complexity index is 881. The first kappa shape index (κ1) is 18.6. The minimum Gasteiger partial charge on any atom is -0.383 e. The lowest BCUT2D eigenvalue weighted by atomic mass is 10.2. The number of thioether (sulfide) groups is 1. The molecule has 136 valence electrons. The second-order valence-corrected chi connectivity index (χ2v) is 7.98. The van der Waals surface area contributed by atoms with Gasteiger partial charge in [-0.05, 0) is 31.2 Å². The van der Waals surface area contributed by atoms with Gasteiger partial charge in [0.05, 0.1) is 23.1 Å². The smallest absolute Gasteiger partial charge is 0.237 e. The number of ether oxygens (including phenoxy) is 1. The fourth-order valence-corrected chi connectivity index (χ4v) is 4.16. The molecule has 0 saturated heterocycles. The molecule has 0 aliphatic carbocycles. The maximum Gasteiger partial charge on any atom is 0.237 e. The maximum absolute atomic E-state index is 12.6. The SMILES string of the molecule is COCCNc1nnc(SC(C)C(=O)Nc2cccc3ncccc23)s1. The summed E-state index contributed by atoms with van der Waals surface area (Å²) in [5.74, 6) is -0.0876. The van der Waals surface area contributed by atoms with Gasteiger partial charge in [-0.1, -0.05) is 29.2 Å². The molecule has 9 heteroatoms. The Balaban J connectivity index is 1.61. The molecule has 0 spiro atoms. The van der Waals surface area contributed by atoms with Crippen LogP contribution in [0.4, 0.5) is 10.8 Å². The molecule has 1 unspecified atom stereocenters. The van der Waals surface area contributed by atoms with Crippen molar-refractivity contribution in [3.63, 3.8) is 0 Å². The number of nitrogens with one attached hydrogen (secondary N) is 2. The first-order valence-corrected chi connectivity index (χ1v) is 9.74. The molecule has 1 aromatic carbocycles. The fourth-order valence-electron chi connectivity index (χ4n) is 2.24. The van der Waals surface area contributed by atoms with Crippen LogP contribution in [0.15, 0.2) is 40.9 Å². The van der Waals surface area contributed by atoms with Gasteiger partial charge in [-0.3, -0.25) is 9.78 Å². The van der Waals surface area contributed by atoms with Crippen molar-refractivity contribution in [2.75, 3.05) is 30.9 Å². The molecule has 26 heavy (non-hydrogen) atoms. The van der Waals surface area contributed by atoms with Crippen molar-refractivity contribution in [1.82, 2.24) is 15.2 Å². The third-order valence-electron chi connectivity index (χ3n) is 3.54. The van der Waals surface area contributed by atoms with E-state index in [9.17, 15) is 4.79 Å². The van der Waals surface area contributed by atoms with Crippen LogP contribution in [-0.4, -0.2) is 46.6 Å². The molecule has 3 aromatic rings. The van der Waals surface area contributed by atoms with E-state index in [1.807, 2.05) is 37.3 Å². The van der Waals surface area contributed by atoms with Gasteiger partial charge in [-0.25, -0.2) is 0 Å². The molecular weight excluding hydrogens is 370 g/mol. The molecule has 2 aromatic heterocycles. The Kier molecular flexibility index (Phi) is 6.37. The van der Waals surface area contributed by atoms with Crippen molar-refractivity contribution >= 4 is 50.7 Å². The molecule has 1 atom stereocenters. The highest BCUT2D eigenvalue weighted by Gasteiger charge is 2.18. The molecule has 2 heterocycles. The predicted molar refractivity (Wildman–Crippen MR) is 106 cm³/mol. The number of hydrogen-bond acceptors (Lipinski definition) is 8. The predicted octanol–water partition coefficient (Wildman–Crippen LogP) is 3.26. The number of fused-ring (bicyclic) bond motifs is 1. The summed E-state index contributed by atoms with van der Waals surface area (Å²) in [5, 5.41) is 15.6. The minimum atomic E-state index is -0.304. The second kappa shape index (κ2) is 8.93.